The van der Waals surface area contributed by atoms with Gasteiger partial charge in [-0.05, 0) is 24.0 Å². The van der Waals surface area contributed by atoms with Crippen molar-refractivity contribution >= 4 is 27.3 Å². The van der Waals surface area contributed by atoms with Crippen LogP contribution in [0, 0.1) is 5.92 Å². The Bertz CT molecular complexity index is 699. The monoisotopic (exact) mass is 368 g/mol. The Kier molecular flexibility index (Phi) is 8.09. The largest absolute Gasteiger partial charge is 0.336 e. The maximum absolute atomic E-state index is 12.1. The number of benzene rings is 1. The number of likely N-dealkylation sites (N-methyl/N-ethyl adjacent to an activating group) is 1. The number of sulfone groups is 1. The molecule has 0 aliphatic carbocycles. The molecule has 0 fully saturated rings. The van der Waals surface area contributed by atoms with Crippen LogP contribution in [0.5, 0.6) is 0 Å². The lowest BCUT2D eigenvalue weighted by Gasteiger charge is -2.18. The quantitative estimate of drug-likeness (QED) is 0.723. The Morgan fingerprint density at radius 1 is 1.20 bits per heavy atom. The van der Waals surface area contributed by atoms with E-state index in [0.29, 0.717) is 0 Å². The van der Waals surface area contributed by atoms with Crippen molar-refractivity contribution in [2.45, 2.75) is 33.6 Å². The summed E-state index contributed by atoms with van der Waals surface area (Å²) in [5.41, 5.74) is 1.75. The van der Waals surface area contributed by atoms with Crippen LogP contribution in [0.2, 0.25) is 0 Å². The minimum Gasteiger partial charge on any atom is -0.336 e. The molecule has 0 radical (unpaired) electrons. The van der Waals surface area contributed by atoms with Crippen molar-refractivity contribution in [2.75, 3.05) is 30.4 Å². The van der Waals surface area contributed by atoms with E-state index in [4.69, 9.17) is 0 Å². The maximum Gasteiger partial charge on any atom is 0.243 e. The molecule has 1 aromatic rings. The summed E-state index contributed by atoms with van der Waals surface area (Å²) in [7, 11) is -1.74. The van der Waals surface area contributed by atoms with E-state index in [0.717, 1.165) is 17.7 Å². The van der Waals surface area contributed by atoms with E-state index in [1.165, 1.54) is 11.9 Å². The Morgan fingerprint density at radius 3 is 2.44 bits per heavy atom. The Labute approximate surface area is 150 Å². The summed E-state index contributed by atoms with van der Waals surface area (Å²) in [5, 5.41) is 2.79. The zero-order valence-electron chi connectivity index (χ0n) is 15.4. The molecule has 25 heavy (non-hydrogen) atoms. The standard InChI is InChI=1S/C18H28N2O4S/c1-5-15-8-6-7-9-16(15)19-17(21)12-20(4)18(22)10-11-25(23,24)13-14(2)3/h6-9,14H,5,10-13H2,1-4H3,(H,19,21). The fourth-order valence-electron chi connectivity index (χ4n) is 2.47. The molecule has 0 saturated carbocycles. The van der Waals surface area contributed by atoms with Crippen LogP contribution in [0.4, 0.5) is 5.69 Å². The second-order valence-electron chi connectivity index (χ2n) is 6.57. The first-order valence-electron chi connectivity index (χ1n) is 8.46. The van der Waals surface area contributed by atoms with Crippen LogP contribution < -0.4 is 5.32 Å². The molecule has 0 aliphatic rings. The fourth-order valence-corrected chi connectivity index (χ4v) is 4.14. The number of para-hydroxylation sites is 1. The molecule has 0 heterocycles. The summed E-state index contributed by atoms with van der Waals surface area (Å²) >= 11 is 0. The smallest absolute Gasteiger partial charge is 0.243 e. The van der Waals surface area contributed by atoms with E-state index in [-0.39, 0.29) is 42.2 Å². The lowest BCUT2D eigenvalue weighted by Crippen LogP contribution is -2.36. The predicted octanol–water partition coefficient (Wildman–Crippen LogP) is 2.11. The second-order valence-corrected chi connectivity index (χ2v) is 8.80. The van der Waals surface area contributed by atoms with Gasteiger partial charge in [0.25, 0.3) is 0 Å². The zero-order valence-corrected chi connectivity index (χ0v) is 16.2. The number of nitrogens with zero attached hydrogens (tertiary/aromatic N) is 1. The third-order valence-corrected chi connectivity index (χ3v) is 5.69. The summed E-state index contributed by atoms with van der Waals surface area (Å²) in [4.78, 5) is 25.4. The average Bonchev–Trinajstić information content (AvgIpc) is 2.51. The topological polar surface area (TPSA) is 83.6 Å². The van der Waals surface area contributed by atoms with Crippen molar-refractivity contribution in [2.24, 2.45) is 5.92 Å². The maximum atomic E-state index is 12.1. The molecule has 140 valence electrons. The Balaban J connectivity index is 2.53. The summed E-state index contributed by atoms with van der Waals surface area (Å²) in [6, 6.07) is 7.49. The van der Waals surface area contributed by atoms with Gasteiger partial charge in [-0.15, -0.1) is 0 Å². The molecular formula is C18H28N2O4S. The van der Waals surface area contributed by atoms with Crippen molar-refractivity contribution in [1.82, 2.24) is 4.90 Å². The number of amides is 2. The number of carbonyl (C=O) groups excluding carboxylic acids is 2. The highest BCUT2D eigenvalue weighted by molar-refractivity contribution is 7.91. The van der Waals surface area contributed by atoms with Crippen LogP contribution in [0.25, 0.3) is 0 Å². The second kappa shape index (κ2) is 9.56. The SMILES string of the molecule is CCc1ccccc1NC(=O)CN(C)C(=O)CCS(=O)(=O)CC(C)C. The highest BCUT2D eigenvalue weighted by atomic mass is 32.2. The first kappa shape index (κ1) is 21.2. The molecule has 7 heteroatoms. The normalized spacial score (nSPS) is 11.4. The summed E-state index contributed by atoms with van der Waals surface area (Å²) < 4.78 is 23.7. The molecule has 0 unspecified atom stereocenters. The molecule has 0 atom stereocenters. The van der Waals surface area contributed by atoms with Gasteiger partial charge in [-0.1, -0.05) is 39.0 Å². The van der Waals surface area contributed by atoms with E-state index in [1.54, 1.807) is 0 Å². The molecule has 1 N–H and O–H groups in total. The van der Waals surface area contributed by atoms with Gasteiger partial charge in [0.15, 0.2) is 9.84 Å². The Hall–Kier alpha value is -1.89. The van der Waals surface area contributed by atoms with Crippen molar-refractivity contribution in [3.8, 4) is 0 Å². The van der Waals surface area contributed by atoms with Gasteiger partial charge < -0.3 is 10.2 Å². The van der Waals surface area contributed by atoms with Gasteiger partial charge in [0.1, 0.15) is 0 Å². The summed E-state index contributed by atoms with van der Waals surface area (Å²) in [6.07, 6.45) is 0.684. The van der Waals surface area contributed by atoms with E-state index < -0.39 is 9.84 Å². The van der Waals surface area contributed by atoms with Crippen LogP contribution in [-0.4, -0.2) is 50.2 Å². The molecule has 0 bridgehead atoms. The number of nitrogens with one attached hydrogen (secondary N) is 1. The molecule has 1 aromatic carbocycles. The van der Waals surface area contributed by atoms with Crippen molar-refractivity contribution < 1.29 is 18.0 Å². The molecule has 0 aromatic heterocycles. The van der Waals surface area contributed by atoms with E-state index in [1.807, 2.05) is 45.0 Å². The van der Waals surface area contributed by atoms with Crippen LogP contribution in [0.15, 0.2) is 24.3 Å². The fraction of sp³-hybridized carbons (Fsp3) is 0.556. The molecule has 0 aliphatic heterocycles. The van der Waals surface area contributed by atoms with Crippen LogP contribution in [-0.2, 0) is 25.8 Å². The van der Waals surface area contributed by atoms with Crippen molar-refractivity contribution in [1.29, 1.82) is 0 Å². The molecular weight excluding hydrogens is 340 g/mol. The molecule has 6 nitrogen and oxygen atoms in total. The van der Waals surface area contributed by atoms with Gasteiger partial charge in [-0.25, -0.2) is 8.42 Å². The van der Waals surface area contributed by atoms with Crippen LogP contribution in [0.3, 0.4) is 0 Å². The third kappa shape index (κ3) is 7.69. The summed E-state index contributed by atoms with van der Waals surface area (Å²) in [5.74, 6) is -0.747. The molecule has 2 amide bonds. The van der Waals surface area contributed by atoms with Gasteiger partial charge in [-0.3, -0.25) is 9.59 Å². The van der Waals surface area contributed by atoms with Crippen molar-refractivity contribution in [3.05, 3.63) is 29.8 Å². The third-order valence-electron chi connectivity index (χ3n) is 3.69. The van der Waals surface area contributed by atoms with Gasteiger partial charge >= 0.3 is 0 Å². The molecule has 1 rings (SSSR count). The van der Waals surface area contributed by atoms with Gasteiger partial charge in [0.2, 0.25) is 11.8 Å². The lowest BCUT2D eigenvalue weighted by atomic mass is 10.1. The highest BCUT2D eigenvalue weighted by Crippen LogP contribution is 2.15. The van der Waals surface area contributed by atoms with Crippen LogP contribution in [0.1, 0.15) is 32.8 Å². The molecule has 0 spiro atoms. The number of anilines is 1. The van der Waals surface area contributed by atoms with Crippen LogP contribution >= 0.6 is 0 Å². The van der Waals surface area contributed by atoms with E-state index >= 15 is 0 Å². The van der Waals surface area contributed by atoms with Gasteiger partial charge in [0.05, 0.1) is 18.1 Å². The average molecular weight is 368 g/mol. The van der Waals surface area contributed by atoms with Crippen molar-refractivity contribution in [3.63, 3.8) is 0 Å². The predicted molar refractivity (Wildman–Crippen MR) is 100 cm³/mol. The first-order chi connectivity index (χ1) is 11.6. The zero-order chi connectivity index (χ0) is 19.0. The molecule has 0 saturated heterocycles. The number of carbonyl (C=O) groups is 2. The number of rotatable bonds is 9. The number of hydrogen-bond donors (Lipinski definition) is 1. The number of aryl methyl sites for hydroxylation is 1. The first-order valence-corrected chi connectivity index (χ1v) is 10.3. The number of hydrogen-bond acceptors (Lipinski definition) is 4. The Morgan fingerprint density at radius 2 is 1.84 bits per heavy atom. The lowest BCUT2D eigenvalue weighted by molar-refractivity contribution is -0.132. The summed E-state index contributed by atoms with van der Waals surface area (Å²) in [6.45, 7) is 5.54. The van der Waals surface area contributed by atoms with E-state index in [2.05, 4.69) is 5.32 Å². The van der Waals surface area contributed by atoms with Gasteiger partial charge in [-0.2, -0.15) is 0 Å². The van der Waals surface area contributed by atoms with E-state index in [9.17, 15) is 18.0 Å². The minimum absolute atomic E-state index is 0.0299. The van der Waals surface area contributed by atoms with Gasteiger partial charge in [0, 0.05) is 19.2 Å². The highest BCUT2D eigenvalue weighted by Gasteiger charge is 2.19. The minimum atomic E-state index is -3.24.